The van der Waals surface area contributed by atoms with Crippen LogP contribution in [0.3, 0.4) is 0 Å². The van der Waals surface area contributed by atoms with E-state index >= 15 is 0 Å². The van der Waals surface area contributed by atoms with Gasteiger partial charge in [-0.25, -0.2) is 0 Å². The smallest absolute Gasteiger partial charge is 0.463 e. The van der Waals surface area contributed by atoms with Crippen LogP contribution in [0, 0.1) is 0 Å². The number of ether oxygens (including phenoxy) is 2. The largest absolute Gasteiger partial charge is 0.573 e. The molecule has 0 bridgehead atoms. The van der Waals surface area contributed by atoms with Crippen molar-refractivity contribution >= 4 is 17.6 Å². The number of carbonyl (C=O) groups excluding carboxylic acids is 2. The molecular weight excluding hydrogens is 329 g/mol. The van der Waals surface area contributed by atoms with Gasteiger partial charge in [0.2, 0.25) is 5.91 Å². The topological polar surface area (TPSA) is 67.9 Å². The number of esters is 1. The standard InChI is InChI=1S/C15H17F3N2O4/c1-2-20-6-7-23-14(22)12(20)9-13(21)19-10-4-3-5-11(8-10)24-15(16,17)18/h3-5,8,12H,2,6-7,9H2,1H3,(H,19,21)/t12-/m1/s1. The Hall–Kier alpha value is -2.29. The Bertz CT molecular complexity index is 607. The molecule has 1 aromatic carbocycles. The molecule has 1 aromatic rings. The molecule has 0 radical (unpaired) electrons. The van der Waals surface area contributed by atoms with Crippen molar-refractivity contribution in [3.05, 3.63) is 24.3 Å². The van der Waals surface area contributed by atoms with Gasteiger partial charge in [0.1, 0.15) is 18.4 Å². The lowest BCUT2D eigenvalue weighted by atomic mass is 10.1. The zero-order valence-electron chi connectivity index (χ0n) is 12.9. The quantitative estimate of drug-likeness (QED) is 0.828. The summed E-state index contributed by atoms with van der Waals surface area (Å²) in [6, 6.07) is 4.24. The van der Waals surface area contributed by atoms with E-state index in [4.69, 9.17) is 4.74 Å². The third kappa shape index (κ3) is 5.12. The third-order valence-corrected chi connectivity index (χ3v) is 3.47. The summed E-state index contributed by atoms with van der Waals surface area (Å²) in [6.45, 7) is 3.26. The third-order valence-electron chi connectivity index (χ3n) is 3.47. The van der Waals surface area contributed by atoms with E-state index < -0.39 is 30.0 Å². The zero-order valence-corrected chi connectivity index (χ0v) is 12.9. The van der Waals surface area contributed by atoms with Gasteiger partial charge in [-0.15, -0.1) is 13.2 Å². The predicted molar refractivity (Wildman–Crippen MR) is 78.4 cm³/mol. The summed E-state index contributed by atoms with van der Waals surface area (Å²) in [6.07, 6.45) is -4.95. The molecule has 0 aliphatic carbocycles. The molecule has 0 aromatic heterocycles. The summed E-state index contributed by atoms with van der Waals surface area (Å²) in [5.41, 5.74) is 0.147. The minimum atomic E-state index is -4.81. The Labute approximate surface area is 136 Å². The Morgan fingerprint density at radius 2 is 2.21 bits per heavy atom. The molecule has 0 unspecified atom stereocenters. The number of amides is 1. The van der Waals surface area contributed by atoms with Crippen LogP contribution in [0.15, 0.2) is 24.3 Å². The summed E-state index contributed by atoms with van der Waals surface area (Å²) < 4.78 is 45.3. The first-order chi connectivity index (χ1) is 11.3. The summed E-state index contributed by atoms with van der Waals surface area (Å²) in [5.74, 6) is -1.42. The van der Waals surface area contributed by atoms with Gasteiger partial charge in [0.05, 0.1) is 6.42 Å². The maximum atomic E-state index is 12.2. The molecule has 132 valence electrons. The van der Waals surface area contributed by atoms with E-state index in [0.29, 0.717) is 13.1 Å². The molecule has 24 heavy (non-hydrogen) atoms. The second kappa shape index (κ2) is 7.52. The number of hydrogen-bond acceptors (Lipinski definition) is 5. The highest BCUT2D eigenvalue weighted by molar-refractivity contribution is 5.94. The Balaban J connectivity index is 1.99. The van der Waals surface area contributed by atoms with E-state index in [1.807, 2.05) is 11.8 Å². The van der Waals surface area contributed by atoms with Gasteiger partial charge in [0.25, 0.3) is 0 Å². The lowest BCUT2D eigenvalue weighted by molar-refractivity contribution is -0.274. The molecule has 1 atom stereocenters. The number of morpholine rings is 1. The fraction of sp³-hybridized carbons (Fsp3) is 0.467. The summed E-state index contributed by atoms with van der Waals surface area (Å²) in [4.78, 5) is 25.7. The van der Waals surface area contributed by atoms with E-state index in [1.54, 1.807) is 0 Å². The van der Waals surface area contributed by atoms with E-state index in [1.165, 1.54) is 12.1 Å². The number of likely N-dealkylation sites (N-methyl/N-ethyl adjacent to an activating group) is 1. The first kappa shape index (κ1) is 18.1. The zero-order chi connectivity index (χ0) is 17.7. The molecule has 1 amide bonds. The lowest BCUT2D eigenvalue weighted by Crippen LogP contribution is -2.50. The van der Waals surface area contributed by atoms with E-state index in [9.17, 15) is 22.8 Å². The first-order valence-corrected chi connectivity index (χ1v) is 7.35. The Morgan fingerprint density at radius 1 is 1.46 bits per heavy atom. The van der Waals surface area contributed by atoms with E-state index in [0.717, 1.165) is 12.1 Å². The van der Waals surface area contributed by atoms with Crippen molar-refractivity contribution in [3.8, 4) is 5.75 Å². The molecule has 1 heterocycles. The normalized spacial score (nSPS) is 18.8. The van der Waals surface area contributed by atoms with Gasteiger partial charge in [0, 0.05) is 18.3 Å². The van der Waals surface area contributed by atoms with Gasteiger partial charge >= 0.3 is 12.3 Å². The van der Waals surface area contributed by atoms with Gasteiger partial charge < -0.3 is 14.8 Å². The number of hydrogen-bond donors (Lipinski definition) is 1. The van der Waals surface area contributed by atoms with Crippen LogP contribution in [-0.4, -0.2) is 48.9 Å². The van der Waals surface area contributed by atoms with Gasteiger partial charge in [-0.05, 0) is 18.7 Å². The second-order valence-corrected chi connectivity index (χ2v) is 5.14. The fourth-order valence-electron chi connectivity index (χ4n) is 2.41. The molecule has 2 rings (SSSR count). The maximum Gasteiger partial charge on any atom is 0.573 e. The Kier molecular flexibility index (Phi) is 5.66. The number of nitrogens with zero attached hydrogens (tertiary/aromatic N) is 1. The average Bonchev–Trinajstić information content (AvgIpc) is 2.48. The van der Waals surface area contributed by atoms with Crippen LogP contribution in [0.25, 0.3) is 0 Å². The second-order valence-electron chi connectivity index (χ2n) is 5.14. The molecule has 9 heteroatoms. The van der Waals surface area contributed by atoms with Crippen LogP contribution in [0.4, 0.5) is 18.9 Å². The van der Waals surface area contributed by atoms with Crippen LogP contribution in [0.1, 0.15) is 13.3 Å². The highest BCUT2D eigenvalue weighted by Crippen LogP contribution is 2.25. The molecule has 0 saturated carbocycles. The van der Waals surface area contributed by atoms with Crippen molar-refractivity contribution in [2.24, 2.45) is 0 Å². The van der Waals surface area contributed by atoms with Crippen LogP contribution < -0.4 is 10.1 Å². The van der Waals surface area contributed by atoms with Crippen molar-refractivity contribution in [2.45, 2.75) is 25.7 Å². The van der Waals surface area contributed by atoms with Crippen molar-refractivity contribution in [2.75, 3.05) is 25.0 Å². The number of cyclic esters (lactones) is 1. The minimum absolute atomic E-state index is 0.142. The van der Waals surface area contributed by atoms with Crippen LogP contribution in [-0.2, 0) is 14.3 Å². The average molecular weight is 346 g/mol. The Morgan fingerprint density at radius 3 is 2.88 bits per heavy atom. The fourth-order valence-corrected chi connectivity index (χ4v) is 2.41. The number of alkyl halides is 3. The van der Waals surface area contributed by atoms with Gasteiger partial charge in [0.15, 0.2) is 0 Å². The van der Waals surface area contributed by atoms with Gasteiger partial charge in [-0.3, -0.25) is 14.5 Å². The SMILES string of the molecule is CCN1CCOC(=O)[C@H]1CC(=O)Nc1cccc(OC(F)(F)F)c1. The van der Waals surface area contributed by atoms with E-state index in [2.05, 4.69) is 10.1 Å². The molecule has 1 saturated heterocycles. The molecule has 1 fully saturated rings. The van der Waals surface area contributed by atoms with Crippen molar-refractivity contribution in [3.63, 3.8) is 0 Å². The van der Waals surface area contributed by atoms with Gasteiger partial charge in [-0.1, -0.05) is 13.0 Å². The number of anilines is 1. The van der Waals surface area contributed by atoms with Gasteiger partial charge in [-0.2, -0.15) is 0 Å². The number of rotatable bonds is 5. The molecule has 1 N–H and O–H groups in total. The number of carbonyl (C=O) groups is 2. The molecule has 0 spiro atoms. The van der Waals surface area contributed by atoms with Crippen LogP contribution in [0.5, 0.6) is 5.75 Å². The minimum Gasteiger partial charge on any atom is -0.463 e. The van der Waals surface area contributed by atoms with Crippen molar-refractivity contribution < 1.29 is 32.2 Å². The van der Waals surface area contributed by atoms with Crippen molar-refractivity contribution in [1.82, 2.24) is 4.90 Å². The number of benzene rings is 1. The monoisotopic (exact) mass is 346 g/mol. The highest BCUT2D eigenvalue weighted by atomic mass is 19.4. The highest BCUT2D eigenvalue weighted by Gasteiger charge is 2.33. The first-order valence-electron chi connectivity index (χ1n) is 7.35. The van der Waals surface area contributed by atoms with E-state index in [-0.39, 0.29) is 18.7 Å². The molecule has 6 nitrogen and oxygen atoms in total. The van der Waals surface area contributed by atoms with Crippen LogP contribution in [0.2, 0.25) is 0 Å². The summed E-state index contributed by atoms with van der Waals surface area (Å²) >= 11 is 0. The lowest BCUT2D eigenvalue weighted by Gasteiger charge is -2.32. The molecular formula is C15H17F3N2O4. The summed E-state index contributed by atoms with van der Waals surface area (Å²) in [7, 11) is 0. The molecule has 1 aliphatic heterocycles. The van der Waals surface area contributed by atoms with Crippen molar-refractivity contribution in [1.29, 1.82) is 0 Å². The maximum absolute atomic E-state index is 12.2. The number of nitrogens with one attached hydrogen (secondary N) is 1. The molecule has 1 aliphatic rings. The summed E-state index contributed by atoms with van der Waals surface area (Å²) in [5, 5.41) is 2.46. The predicted octanol–water partition coefficient (Wildman–Crippen LogP) is 2.16. The van der Waals surface area contributed by atoms with Crippen LogP contribution >= 0.6 is 0 Å². The number of halogens is 3.